The molecule has 466 valence electrons. The van der Waals surface area contributed by atoms with Crippen LogP contribution in [-0.4, -0.2) is 96.0 Å². The second-order valence-corrected chi connectivity index (χ2v) is 23.4. The van der Waals surface area contributed by atoms with Gasteiger partial charge in [0.25, 0.3) is 0 Å². The van der Waals surface area contributed by atoms with Gasteiger partial charge in [0.1, 0.15) is 59.2 Å². The van der Waals surface area contributed by atoms with Crippen molar-refractivity contribution in [2.45, 2.75) is 55.1 Å². The Morgan fingerprint density at radius 3 is 1.90 bits per heavy atom. The highest BCUT2D eigenvalue weighted by Gasteiger charge is 2.40. The Morgan fingerprint density at radius 1 is 0.609 bits per heavy atom. The summed E-state index contributed by atoms with van der Waals surface area (Å²) < 4.78 is 12.5. The zero-order chi connectivity index (χ0) is 64.8. The third-order valence-electron chi connectivity index (χ3n) is 16.2. The van der Waals surface area contributed by atoms with Gasteiger partial charge in [-0.25, -0.2) is 4.79 Å². The van der Waals surface area contributed by atoms with Crippen LogP contribution in [0.15, 0.2) is 164 Å². The van der Waals surface area contributed by atoms with Crippen LogP contribution in [0.1, 0.15) is 69.2 Å². The van der Waals surface area contributed by atoms with E-state index < -0.39 is 89.5 Å². The molecule has 0 fully saturated rings. The number of hydrogen-bond acceptors (Lipinski definition) is 14. The molecule has 6 amide bonds. The average molecular weight is 1300 g/mol. The number of fused-ring (bicyclic) bond motifs is 14. The van der Waals surface area contributed by atoms with E-state index in [2.05, 4.69) is 36.9 Å². The number of aromatic nitrogens is 1. The fourth-order valence-corrected chi connectivity index (χ4v) is 12.0. The lowest BCUT2D eigenvalue weighted by molar-refractivity contribution is -0.145. The number of carbonyl (C=O) groups is 7. The standard InChI is InChI=1S/C67H53Cl3N8O14/c1-78-50-22-31-2-16-42(17-3-31)92-53-27-37-23-45(60(53)82)35-10-20-44-38(30-71-47(44)24-35)25-49(73-63(85)55(32-4-12-40(79)13-5-32)72-48-29-39(68)28-46(69)54(48)70)61(83)74-56(33-6-14-41(80)15-7-33)64(86)75-57(37)65(87)76-58(66(78)88)34-8-18-43(19-9-34)91-52-26-36(11-21-51(52)81)59(67(89)90)77-62(50)84/h2-21,23-24,26-30,49-50,55-59,71-72,79-82H,22,25H2,1H3,(H,73,85)(H,74,83)(H,75,86)(H,76,87)(H,77,84)(H,89,90)/t49-,50+,55?,56-,57-,58-,59-/m1/s1. The number of carboxylic acids is 1. The van der Waals surface area contributed by atoms with Gasteiger partial charge < -0.3 is 76.8 Å². The maximum absolute atomic E-state index is 15.8. The quantitative estimate of drug-likeness (QED) is 0.0661. The van der Waals surface area contributed by atoms with Gasteiger partial charge in [0.05, 0.1) is 15.7 Å². The predicted octanol–water partition coefficient (Wildman–Crippen LogP) is 9.61. The number of aliphatic carboxylic acids is 1. The predicted molar refractivity (Wildman–Crippen MR) is 338 cm³/mol. The first kappa shape index (κ1) is 61.3. The van der Waals surface area contributed by atoms with Crippen molar-refractivity contribution >= 4 is 92.8 Å². The van der Waals surface area contributed by atoms with Crippen LogP contribution in [-0.2, 0) is 46.4 Å². The summed E-state index contributed by atoms with van der Waals surface area (Å²) in [6, 6.07) is 25.9. The molecule has 8 aromatic carbocycles. The number of aromatic hydroxyl groups is 4. The van der Waals surface area contributed by atoms with E-state index in [0.717, 1.165) is 4.90 Å². The highest BCUT2D eigenvalue weighted by molar-refractivity contribution is 6.45. The Hall–Kier alpha value is -10.9. The number of phenols is 4. The Morgan fingerprint density at radius 2 is 1.21 bits per heavy atom. The molecule has 7 atom stereocenters. The smallest absolute Gasteiger partial charge is 0.330 e. The summed E-state index contributed by atoms with van der Waals surface area (Å²) in [6.45, 7) is 0. The van der Waals surface area contributed by atoms with E-state index >= 15 is 24.0 Å². The molecule has 25 heteroatoms. The molecule has 6 aliphatic rings. The maximum atomic E-state index is 15.8. The van der Waals surface area contributed by atoms with Crippen LogP contribution in [0.25, 0.3) is 22.0 Å². The van der Waals surface area contributed by atoms with Gasteiger partial charge in [-0.15, -0.1) is 0 Å². The summed E-state index contributed by atoms with van der Waals surface area (Å²) in [4.78, 5) is 109. The molecule has 92 heavy (non-hydrogen) atoms. The number of likely N-dealkylation sites (N-methyl/N-ethyl adjacent to an activating group) is 1. The number of nitrogens with zero attached hydrogens (tertiary/aromatic N) is 1. The second kappa shape index (κ2) is 25.1. The van der Waals surface area contributed by atoms with Gasteiger partial charge in [-0.2, -0.15) is 0 Å². The molecule has 0 saturated heterocycles. The van der Waals surface area contributed by atoms with E-state index in [1.807, 2.05) is 0 Å². The third kappa shape index (κ3) is 12.5. The molecule has 0 spiro atoms. The van der Waals surface area contributed by atoms with Crippen LogP contribution in [0.4, 0.5) is 5.69 Å². The Balaban J connectivity index is 1.01. The first-order valence-electron chi connectivity index (χ1n) is 28.5. The monoisotopic (exact) mass is 1300 g/mol. The van der Waals surface area contributed by atoms with E-state index in [0.29, 0.717) is 33.2 Å². The molecule has 0 aliphatic carbocycles. The highest BCUT2D eigenvalue weighted by atomic mass is 35.5. The van der Waals surface area contributed by atoms with Crippen molar-refractivity contribution in [1.29, 1.82) is 0 Å². The number of nitrogens with one attached hydrogen (secondary N) is 7. The van der Waals surface area contributed by atoms with Crippen LogP contribution < -0.4 is 41.4 Å². The Kier molecular flexibility index (Phi) is 16.8. The number of phenolic OH excluding ortho intramolecular Hbond substituents is 4. The molecule has 12 N–H and O–H groups in total. The van der Waals surface area contributed by atoms with Crippen molar-refractivity contribution in [2.24, 2.45) is 0 Å². The first-order chi connectivity index (χ1) is 44.1. The molecular weight excluding hydrogens is 1250 g/mol. The molecule has 0 radical (unpaired) electrons. The minimum atomic E-state index is -1.90. The van der Waals surface area contributed by atoms with Crippen LogP contribution in [0.2, 0.25) is 15.1 Å². The molecule has 15 bridgehead atoms. The molecule has 9 aromatic rings. The molecule has 1 unspecified atom stereocenters. The summed E-state index contributed by atoms with van der Waals surface area (Å²) in [6.07, 6.45) is 1.17. The summed E-state index contributed by atoms with van der Waals surface area (Å²) in [7, 11) is 1.31. The van der Waals surface area contributed by atoms with Crippen molar-refractivity contribution < 1.29 is 68.6 Å². The number of ether oxygens (including phenoxy) is 2. The zero-order valence-electron chi connectivity index (χ0n) is 48.0. The molecule has 6 aliphatic heterocycles. The number of H-pyrrole nitrogens is 1. The van der Waals surface area contributed by atoms with Gasteiger partial charge in [0.2, 0.25) is 35.4 Å². The number of benzene rings is 8. The lowest BCUT2D eigenvalue weighted by Gasteiger charge is -2.33. The van der Waals surface area contributed by atoms with E-state index in [9.17, 15) is 35.1 Å². The Bertz CT molecular complexity index is 4460. The Labute approximate surface area is 537 Å². The molecular formula is C67H53Cl3N8O14. The SMILES string of the molecule is CN1C(=O)[C@@H]2NC(=O)[C@@H]3NC(=O)[C@@H](c4ccc(O)cc4)NC(=O)[C@H](NC(=O)C(Nc4cc(Cl)cc(Cl)c4Cl)c4ccc(O)cc4)Cc4c[nH]c5cc(ccc45)-c4cc3cc(c4O)Oc3ccc(cc3)C[C@H]1C(=O)N[C@@H](C(=O)O)c1ccc(O)c(c1)Oc1ccc2cc1. The summed E-state index contributed by atoms with van der Waals surface area (Å²) in [5.74, 6) is -8.44. The summed E-state index contributed by atoms with van der Waals surface area (Å²) >= 11 is 19.5. The zero-order valence-corrected chi connectivity index (χ0v) is 50.3. The van der Waals surface area contributed by atoms with Gasteiger partial charge in [0, 0.05) is 47.6 Å². The molecule has 7 heterocycles. The second-order valence-electron chi connectivity index (χ2n) is 22.2. The van der Waals surface area contributed by atoms with Crippen molar-refractivity contribution in [3.8, 4) is 57.1 Å². The van der Waals surface area contributed by atoms with E-state index in [1.165, 1.54) is 134 Å². The number of rotatable bonds is 7. The van der Waals surface area contributed by atoms with Crippen LogP contribution in [0.5, 0.6) is 46.0 Å². The third-order valence-corrected chi connectivity index (χ3v) is 17.2. The van der Waals surface area contributed by atoms with Gasteiger partial charge in [-0.3, -0.25) is 28.8 Å². The fourth-order valence-electron chi connectivity index (χ4n) is 11.3. The average Bonchev–Trinajstić information content (AvgIpc) is 1.28. The first-order valence-corrected chi connectivity index (χ1v) is 29.6. The van der Waals surface area contributed by atoms with E-state index in [1.54, 1.807) is 36.5 Å². The lowest BCUT2D eigenvalue weighted by atomic mass is 9.94. The molecule has 22 nitrogen and oxygen atoms in total. The van der Waals surface area contributed by atoms with Crippen molar-refractivity contribution in [1.82, 2.24) is 36.5 Å². The minimum Gasteiger partial charge on any atom is -0.508 e. The van der Waals surface area contributed by atoms with Crippen LogP contribution in [0.3, 0.4) is 0 Å². The van der Waals surface area contributed by atoms with E-state index in [4.69, 9.17) is 44.3 Å². The largest absolute Gasteiger partial charge is 0.508 e. The minimum absolute atomic E-state index is 0.0128. The van der Waals surface area contributed by atoms with Crippen LogP contribution in [0, 0.1) is 0 Å². The van der Waals surface area contributed by atoms with Crippen molar-refractivity contribution in [3.05, 3.63) is 218 Å². The van der Waals surface area contributed by atoms with Gasteiger partial charge in [0.15, 0.2) is 29.0 Å². The molecule has 15 rings (SSSR count). The molecule has 0 saturated carbocycles. The number of carbonyl (C=O) groups excluding carboxylic acids is 6. The number of halogens is 3. The van der Waals surface area contributed by atoms with Gasteiger partial charge in [-0.05, 0) is 136 Å². The van der Waals surface area contributed by atoms with Gasteiger partial charge >= 0.3 is 5.97 Å². The fraction of sp³-hybridized carbons (Fsp3) is 0.149. The highest BCUT2D eigenvalue weighted by Crippen LogP contribution is 2.44. The normalized spacial score (nSPS) is 19.4. The number of amides is 6. The summed E-state index contributed by atoms with van der Waals surface area (Å²) in [5, 5.41) is 72.3. The topological polar surface area (TPSA) is 330 Å². The number of anilines is 1. The van der Waals surface area contributed by atoms with Crippen molar-refractivity contribution in [2.75, 3.05) is 12.4 Å². The van der Waals surface area contributed by atoms with Crippen molar-refractivity contribution in [3.63, 3.8) is 0 Å². The summed E-state index contributed by atoms with van der Waals surface area (Å²) in [5.41, 5.74) is 2.51. The van der Waals surface area contributed by atoms with Gasteiger partial charge in [-0.1, -0.05) is 102 Å². The molecule has 1 aromatic heterocycles. The van der Waals surface area contributed by atoms with E-state index in [-0.39, 0.29) is 102 Å². The maximum Gasteiger partial charge on any atom is 0.330 e. The number of aromatic amines is 1. The number of hydrogen-bond donors (Lipinski definition) is 12. The van der Waals surface area contributed by atoms with Crippen LogP contribution >= 0.6 is 34.8 Å². The number of carboxylic acid groups (broad SMARTS) is 1. The lowest BCUT2D eigenvalue weighted by Crippen LogP contribution is -2.55.